The molecule has 0 aliphatic carbocycles. The van der Waals surface area contributed by atoms with E-state index in [0.29, 0.717) is 12.5 Å². The molecule has 1 heterocycles. The van der Waals surface area contributed by atoms with E-state index in [9.17, 15) is 0 Å². The summed E-state index contributed by atoms with van der Waals surface area (Å²) in [5, 5.41) is 0. The van der Waals surface area contributed by atoms with Gasteiger partial charge in [0.25, 0.3) is 0 Å². The molecule has 0 spiro atoms. The molecule has 0 saturated carbocycles. The second kappa shape index (κ2) is 6.81. The van der Waals surface area contributed by atoms with Crippen LogP contribution in [0.1, 0.15) is 19.2 Å². The highest BCUT2D eigenvalue weighted by Gasteiger charge is 2.03. The summed E-state index contributed by atoms with van der Waals surface area (Å²) in [5.41, 5.74) is 0. The molecule has 0 atom stereocenters. The number of aryl methyl sites for hydroxylation is 1. The Balaban J connectivity index is 2.58. The molecule has 0 fully saturated rings. The monoisotopic (exact) mass is 287 g/mol. The Kier molecular flexibility index (Phi) is 5.69. The van der Waals surface area contributed by atoms with Crippen molar-refractivity contribution in [2.45, 2.75) is 19.8 Å². The van der Waals surface area contributed by atoms with Crippen LogP contribution in [-0.4, -0.2) is 42.1 Å². The van der Waals surface area contributed by atoms with Gasteiger partial charge >= 0.3 is 0 Å². The third-order valence-electron chi connectivity index (χ3n) is 1.98. The minimum absolute atomic E-state index is 0.641. The lowest BCUT2D eigenvalue weighted by Crippen LogP contribution is -2.19. The number of likely N-dealkylation sites (N-methyl/N-ethyl adjacent to an activating group) is 1. The second-order valence-electron chi connectivity index (χ2n) is 3.85. The van der Waals surface area contributed by atoms with Crippen molar-refractivity contribution in [3.63, 3.8) is 0 Å². The lowest BCUT2D eigenvalue weighted by molar-refractivity contribution is 0.252. The van der Waals surface area contributed by atoms with Crippen molar-refractivity contribution in [2.24, 2.45) is 0 Å². The first kappa shape index (κ1) is 13.4. The van der Waals surface area contributed by atoms with Gasteiger partial charge in [-0.05, 0) is 36.4 Å². The molecule has 0 aromatic carbocycles. The average Bonchev–Trinajstić information content (AvgIpc) is 2.16. The van der Waals surface area contributed by atoms with E-state index in [-0.39, 0.29) is 0 Å². The van der Waals surface area contributed by atoms with Gasteiger partial charge in [-0.3, -0.25) is 0 Å². The van der Waals surface area contributed by atoms with Gasteiger partial charge in [-0.1, -0.05) is 6.92 Å². The van der Waals surface area contributed by atoms with Crippen molar-refractivity contribution >= 4 is 15.9 Å². The SMILES string of the molecule is CCCc1nc(Br)cc(OCCN(C)C)n1. The molecule has 0 bridgehead atoms. The van der Waals surface area contributed by atoms with Gasteiger partial charge in [0.05, 0.1) is 0 Å². The number of aromatic nitrogens is 2. The topological polar surface area (TPSA) is 38.2 Å². The summed E-state index contributed by atoms with van der Waals surface area (Å²) < 4.78 is 6.35. The van der Waals surface area contributed by atoms with E-state index in [1.807, 2.05) is 14.1 Å². The van der Waals surface area contributed by atoms with Crippen molar-refractivity contribution < 1.29 is 4.74 Å². The van der Waals surface area contributed by atoms with E-state index in [2.05, 4.69) is 37.7 Å². The second-order valence-corrected chi connectivity index (χ2v) is 4.66. The number of hydrogen-bond acceptors (Lipinski definition) is 4. The van der Waals surface area contributed by atoms with E-state index in [0.717, 1.165) is 29.8 Å². The summed E-state index contributed by atoms with van der Waals surface area (Å²) in [5.74, 6) is 1.48. The van der Waals surface area contributed by atoms with Crippen molar-refractivity contribution in [3.05, 3.63) is 16.5 Å². The molecule has 1 rings (SSSR count). The number of ether oxygens (including phenoxy) is 1. The third kappa shape index (κ3) is 4.90. The molecule has 0 amide bonds. The lowest BCUT2D eigenvalue weighted by atomic mass is 10.3. The molecule has 4 nitrogen and oxygen atoms in total. The number of rotatable bonds is 6. The van der Waals surface area contributed by atoms with E-state index in [1.165, 1.54) is 0 Å². The zero-order valence-corrected chi connectivity index (χ0v) is 11.6. The largest absolute Gasteiger partial charge is 0.476 e. The standard InChI is InChI=1S/C11H18BrN3O/c1-4-5-10-13-9(12)8-11(14-10)16-7-6-15(2)3/h8H,4-7H2,1-3H3. The van der Waals surface area contributed by atoms with Gasteiger partial charge in [-0.25, -0.2) is 4.98 Å². The number of halogens is 1. The molecule has 0 aliphatic heterocycles. The van der Waals surface area contributed by atoms with E-state index < -0.39 is 0 Å². The van der Waals surface area contributed by atoms with Gasteiger partial charge in [0, 0.05) is 19.0 Å². The maximum Gasteiger partial charge on any atom is 0.217 e. The van der Waals surface area contributed by atoms with Crippen molar-refractivity contribution in [1.29, 1.82) is 0 Å². The van der Waals surface area contributed by atoms with Gasteiger partial charge in [-0.2, -0.15) is 4.98 Å². The first-order valence-corrected chi connectivity index (χ1v) is 6.22. The number of hydrogen-bond donors (Lipinski definition) is 0. The van der Waals surface area contributed by atoms with Gasteiger partial charge in [-0.15, -0.1) is 0 Å². The lowest BCUT2D eigenvalue weighted by Gasteiger charge is -2.11. The van der Waals surface area contributed by atoms with Crippen LogP contribution in [0.4, 0.5) is 0 Å². The Morgan fingerprint density at radius 2 is 2.12 bits per heavy atom. The summed E-state index contributed by atoms with van der Waals surface area (Å²) in [6.45, 7) is 3.63. The zero-order valence-electron chi connectivity index (χ0n) is 10.0. The molecule has 1 aromatic rings. The first-order chi connectivity index (χ1) is 7.61. The molecule has 0 radical (unpaired) electrons. The molecule has 16 heavy (non-hydrogen) atoms. The normalized spacial score (nSPS) is 10.8. The third-order valence-corrected chi connectivity index (χ3v) is 2.39. The zero-order chi connectivity index (χ0) is 12.0. The Morgan fingerprint density at radius 1 is 1.38 bits per heavy atom. The molecule has 0 N–H and O–H groups in total. The summed E-state index contributed by atoms with van der Waals surface area (Å²) in [6.07, 6.45) is 1.91. The van der Waals surface area contributed by atoms with Crippen LogP contribution in [0.25, 0.3) is 0 Å². The molecule has 0 saturated heterocycles. The predicted molar refractivity (Wildman–Crippen MR) is 67.8 cm³/mol. The Morgan fingerprint density at radius 3 is 2.75 bits per heavy atom. The van der Waals surface area contributed by atoms with Gasteiger partial charge in [0.15, 0.2) is 0 Å². The number of nitrogens with zero attached hydrogens (tertiary/aromatic N) is 3. The fraction of sp³-hybridized carbons (Fsp3) is 0.636. The summed E-state index contributed by atoms with van der Waals surface area (Å²) in [4.78, 5) is 10.7. The minimum atomic E-state index is 0.641. The van der Waals surface area contributed by atoms with Gasteiger partial charge < -0.3 is 9.64 Å². The summed E-state index contributed by atoms with van der Waals surface area (Å²) in [6, 6.07) is 1.80. The Bertz CT molecular complexity index is 331. The van der Waals surface area contributed by atoms with E-state index in [4.69, 9.17) is 4.74 Å². The van der Waals surface area contributed by atoms with Crippen LogP contribution in [0.2, 0.25) is 0 Å². The first-order valence-electron chi connectivity index (χ1n) is 5.42. The highest BCUT2D eigenvalue weighted by molar-refractivity contribution is 9.10. The molecular weight excluding hydrogens is 270 g/mol. The van der Waals surface area contributed by atoms with E-state index in [1.54, 1.807) is 6.07 Å². The molecule has 0 unspecified atom stereocenters. The minimum Gasteiger partial charge on any atom is -0.476 e. The van der Waals surface area contributed by atoms with Crippen molar-refractivity contribution in [3.8, 4) is 5.88 Å². The maximum absolute atomic E-state index is 5.56. The van der Waals surface area contributed by atoms with Gasteiger partial charge in [0.1, 0.15) is 17.0 Å². The summed E-state index contributed by atoms with van der Waals surface area (Å²) >= 11 is 3.36. The predicted octanol–water partition coefficient (Wildman–Crippen LogP) is 2.13. The Labute approximate surface area is 105 Å². The molecule has 90 valence electrons. The molecular formula is C11H18BrN3O. The maximum atomic E-state index is 5.56. The Hall–Kier alpha value is -0.680. The van der Waals surface area contributed by atoms with Crippen LogP contribution < -0.4 is 4.74 Å². The van der Waals surface area contributed by atoms with Crippen molar-refractivity contribution in [2.75, 3.05) is 27.2 Å². The highest BCUT2D eigenvalue weighted by atomic mass is 79.9. The smallest absolute Gasteiger partial charge is 0.217 e. The fourth-order valence-corrected chi connectivity index (χ4v) is 1.58. The summed E-state index contributed by atoms with van der Waals surface area (Å²) in [7, 11) is 4.03. The molecule has 0 aliphatic rings. The highest BCUT2D eigenvalue weighted by Crippen LogP contribution is 2.15. The van der Waals surface area contributed by atoms with Crippen LogP contribution in [0.3, 0.4) is 0 Å². The molecule has 5 heteroatoms. The van der Waals surface area contributed by atoms with Crippen LogP contribution in [0.15, 0.2) is 10.7 Å². The van der Waals surface area contributed by atoms with Crippen LogP contribution in [0.5, 0.6) is 5.88 Å². The quantitative estimate of drug-likeness (QED) is 0.752. The fourth-order valence-electron chi connectivity index (χ4n) is 1.18. The molecule has 1 aromatic heterocycles. The van der Waals surface area contributed by atoms with E-state index >= 15 is 0 Å². The van der Waals surface area contributed by atoms with Crippen LogP contribution in [0, 0.1) is 0 Å². The van der Waals surface area contributed by atoms with Gasteiger partial charge in [0.2, 0.25) is 5.88 Å². The van der Waals surface area contributed by atoms with Crippen LogP contribution in [-0.2, 0) is 6.42 Å². The van der Waals surface area contributed by atoms with Crippen LogP contribution >= 0.6 is 15.9 Å². The van der Waals surface area contributed by atoms with Crippen molar-refractivity contribution in [1.82, 2.24) is 14.9 Å². The average molecular weight is 288 g/mol.